The van der Waals surface area contributed by atoms with Gasteiger partial charge in [0.15, 0.2) is 0 Å². The summed E-state index contributed by atoms with van der Waals surface area (Å²) in [6, 6.07) is 14.4. The normalized spacial score (nSPS) is 21.5. The van der Waals surface area contributed by atoms with Gasteiger partial charge in [-0.15, -0.1) is 0 Å². The minimum absolute atomic E-state index is 0.114. The number of likely N-dealkylation sites (tertiary alicyclic amines) is 1. The number of carboxylic acid groups (broad SMARTS) is 1. The van der Waals surface area contributed by atoms with Crippen LogP contribution in [0, 0.1) is 0 Å². The Bertz CT molecular complexity index is 1130. The number of carbonyl (C=O) groups is 3. The highest BCUT2D eigenvalue weighted by Crippen LogP contribution is 2.44. The molecule has 0 aromatic heterocycles. The standard InChI is InChI=1S/C26H26F2N2O5/c27-26(28)12-21(23(32)33)30(15-26)22(31)13-25(10-5-11-25)29-24(34)35-14-20-18-8-3-1-6-16(18)17-7-2-4-9-19(17)20/h1-4,6-9,20-21H,5,10-15H2,(H,29,34)(H,32,33)/t21-/m0/s1. The van der Waals surface area contributed by atoms with Crippen molar-refractivity contribution in [3.05, 3.63) is 59.7 Å². The average molecular weight is 484 g/mol. The van der Waals surface area contributed by atoms with Crippen LogP contribution < -0.4 is 5.32 Å². The number of alkyl carbamates (subject to hydrolysis) is 1. The van der Waals surface area contributed by atoms with Gasteiger partial charge in [-0.2, -0.15) is 0 Å². The summed E-state index contributed by atoms with van der Waals surface area (Å²) in [6.07, 6.45) is -0.0793. The number of rotatable bonds is 6. The Morgan fingerprint density at radius 2 is 1.63 bits per heavy atom. The number of fused-ring (bicyclic) bond motifs is 3. The summed E-state index contributed by atoms with van der Waals surface area (Å²) < 4.78 is 33.2. The van der Waals surface area contributed by atoms with Crippen LogP contribution in [-0.4, -0.2) is 58.6 Å². The molecule has 5 rings (SSSR count). The number of carbonyl (C=O) groups excluding carboxylic acids is 2. The maximum Gasteiger partial charge on any atom is 0.407 e. The first-order chi connectivity index (χ1) is 16.7. The van der Waals surface area contributed by atoms with Crippen LogP contribution in [0.15, 0.2) is 48.5 Å². The van der Waals surface area contributed by atoms with Crippen LogP contribution in [-0.2, 0) is 14.3 Å². The molecule has 1 aliphatic heterocycles. The molecule has 0 radical (unpaired) electrons. The molecule has 7 nitrogen and oxygen atoms in total. The van der Waals surface area contributed by atoms with Gasteiger partial charge >= 0.3 is 12.1 Å². The number of amides is 2. The zero-order valence-electron chi connectivity index (χ0n) is 19.0. The quantitative estimate of drug-likeness (QED) is 0.642. The van der Waals surface area contributed by atoms with Gasteiger partial charge in [-0.3, -0.25) is 4.79 Å². The SMILES string of the molecule is O=C(NC1(CC(=O)N2CC(F)(F)C[C@H]2C(=O)O)CCC1)OCC1c2ccccc2-c2ccccc21. The molecule has 35 heavy (non-hydrogen) atoms. The summed E-state index contributed by atoms with van der Waals surface area (Å²) in [7, 11) is 0. The molecule has 0 unspecified atom stereocenters. The van der Waals surface area contributed by atoms with Crippen LogP contribution in [0.1, 0.15) is 49.1 Å². The zero-order valence-corrected chi connectivity index (χ0v) is 19.0. The first kappa shape index (κ1) is 23.3. The predicted molar refractivity (Wildman–Crippen MR) is 122 cm³/mol. The van der Waals surface area contributed by atoms with E-state index in [-0.39, 0.29) is 18.9 Å². The fourth-order valence-corrected chi connectivity index (χ4v) is 5.49. The summed E-state index contributed by atoms with van der Waals surface area (Å²) in [5.41, 5.74) is 3.44. The Morgan fingerprint density at radius 1 is 1.03 bits per heavy atom. The summed E-state index contributed by atoms with van der Waals surface area (Å²) in [4.78, 5) is 37.7. The molecule has 1 atom stereocenters. The molecule has 2 aromatic rings. The molecule has 2 amide bonds. The third-order valence-electron chi connectivity index (χ3n) is 7.39. The van der Waals surface area contributed by atoms with Gasteiger partial charge in [0.1, 0.15) is 12.6 Å². The van der Waals surface area contributed by atoms with E-state index in [1.165, 1.54) is 0 Å². The third-order valence-corrected chi connectivity index (χ3v) is 7.39. The van der Waals surface area contributed by atoms with E-state index in [1.807, 2.05) is 48.5 Å². The van der Waals surface area contributed by atoms with E-state index in [4.69, 9.17) is 4.74 Å². The molecule has 1 saturated heterocycles. The van der Waals surface area contributed by atoms with Crippen molar-refractivity contribution in [1.82, 2.24) is 10.2 Å². The summed E-state index contributed by atoms with van der Waals surface area (Å²) >= 11 is 0. The van der Waals surface area contributed by atoms with Crippen LogP contribution in [0.25, 0.3) is 11.1 Å². The molecule has 2 aliphatic carbocycles. The molecule has 3 aliphatic rings. The fraction of sp³-hybridized carbons (Fsp3) is 0.423. The lowest BCUT2D eigenvalue weighted by Crippen LogP contribution is -2.57. The smallest absolute Gasteiger partial charge is 0.407 e. The fourth-order valence-electron chi connectivity index (χ4n) is 5.49. The highest BCUT2D eigenvalue weighted by Gasteiger charge is 2.52. The van der Waals surface area contributed by atoms with Crippen LogP contribution in [0.3, 0.4) is 0 Å². The van der Waals surface area contributed by atoms with Crippen molar-refractivity contribution in [2.24, 2.45) is 0 Å². The molecule has 2 aromatic carbocycles. The van der Waals surface area contributed by atoms with Gasteiger partial charge in [0.05, 0.1) is 18.5 Å². The largest absolute Gasteiger partial charge is 0.480 e. The van der Waals surface area contributed by atoms with Crippen LogP contribution in [0.2, 0.25) is 0 Å². The molecule has 2 N–H and O–H groups in total. The van der Waals surface area contributed by atoms with E-state index in [2.05, 4.69) is 5.32 Å². The molecule has 9 heteroatoms. The number of carboxylic acids is 1. The average Bonchev–Trinajstić information content (AvgIpc) is 3.30. The highest BCUT2D eigenvalue weighted by atomic mass is 19.3. The summed E-state index contributed by atoms with van der Waals surface area (Å²) in [5, 5.41) is 12.1. The lowest BCUT2D eigenvalue weighted by atomic mass is 9.74. The van der Waals surface area contributed by atoms with Crippen molar-refractivity contribution in [3.63, 3.8) is 0 Å². The number of nitrogens with one attached hydrogen (secondary N) is 1. The van der Waals surface area contributed by atoms with Crippen molar-refractivity contribution < 1.29 is 33.0 Å². The molecule has 1 heterocycles. The highest BCUT2D eigenvalue weighted by molar-refractivity contribution is 5.86. The second kappa shape index (κ2) is 8.62. The Balaban J connectivity index is 1.24. The number of benzene rings is 2. The molecular formula is C26H26F2N2O5. The zero-order chi connectivity index (χ0) is 24.8. The minimum atomic E-state index is -3.24. The molecule has 0 bridgehead atoms. The van der Waals surface area contributed by atoms with Crippen LogP contribution in [0.4, 0.5) is 13.6 Å². The predicted octanol–water partition coefficient (Wildman–Crippen LogP) is 4.16. The van der Waals surface area contributed by atoms with Gasteiger partial charge in [0, 0.05) is 12.3 Å². The summed E-state index contributed by atoms with van der Waals surface area (Å²) in [6.45, 7) is -0.812. The molecule has 184 valence electrons. The number of aliphatic carboxylic acids is 1. The number of nitrogens with zero attached hydrogens (tertiary/aromatic N) is 1. The third kappa shape index (κ3) is 4.35. The minimum Gasteiger partial charge on any atom is -0.480 e. The van der Waals surface area contributed by atoms with Crippen molar-refractivity contribution in [1.29, 1.82) is 0 Å². The Labute approximate surface area is 201 Å². The number of ether oxygens (including phenoxy) is 1. The van der Waals surface area contributed by atoms with E-state index < -0.39 is 48.4 Å². The maximum atomic E-state index is 13.8. The Kier molecular flexibility index (Phi) is 5.73. The monoisotopic (exact) mass is 484 g/mol. The van der Waals surface area contributed by atoms with Gasteiger partial charge in [-0.25, -0.2) is 18.4 Å². The van der Waals surface area contributed by atoms with Gasteiger partial charge in [0.2, 0.25) is 5.91 Å². The maximum absolute atomic E-state index is 13.8. The summed E-state index contributed by atoms with van der Waals surface area (Å²) in [5.74, 6) is -5.52. The van der Waals surface area contributed by atoms with Crippen molar-refractivity contribution in [3.8, 4) is 11.1 Å². The first-order valence-electron chi connectivity index (χ1n) is 11.7. The number of hydrogen-bond acceptors (Lipinski definition) is 4. The lowest BCUT2D eigenvalue weighted by Gasteiger charge is -2.42. The van der Waals surface area contributed by atoms with Crippen molar-refractivity contribution in [2.75, 3.05) is 13.2 Å². The number of alkyl halides is 2. The molecule has 1 saturated carbocycles. The van der Waals surface area contributed by atoms with Crippen LogP contribution in [0.5, 0.6) is 0 Å². The Morgan fingerprint density at radius 3 is 2.17 bits per heavy atom. The van der Waals surface area contributed by atoms with E-state index in [0.29, 0.717) is 12.8 Å². The molecular weight excluding hydrogens is 458 g/mol. The second-order valence-electron chi connectivity index (χ2n) is 9.70. The van der Waals surface area contributed by atoms with Crippen molar-refractivity contribution >= 4 is 18.0 Å². The van der Waals surface area contributed by atoms with Crippen LogP contribution >= 0.6 is 0 Å². The van der Waals surface area contributed by atoms with Gasteiger partial charge in [0.25, 0.3) is 5.92 Å². The van der Waals surface area contributed by atoms with Crippen molar-refractivity contribution in [2.45, 2.75) is 55.5 Å². The molecule has 0 spiro atoms. The number of halogens is 2. The van der Waals surface area contributed by atoms with E-state index in [9.17, 15) is 28.3 Å². The topological polar surface area (TPSA) is 95.9 Å². The van der Waals surface area contributed by atoms with Gasteiger partial charge in [-0.05, 0) is 41.5 Å². The van der Waals surface area contributed by atoms with Gasteiger partial charge < -0.3 is 20.1 Å². The van der Waals surface area contributed by atoms with E-state index >= 15 is 0 Å². The van der Waals surface area contributed by atoms with E-state index in [1.54, 1.807) is 0 Å². The Hall–Kier alpha value is -3.49. The molecule has 2 fully saturated rings. The second-order valence-corrected chi connectivity index (χ2v) is 9.70. The lowest BCUT2D eigenvalue weighted by molar-refractivity contribution is -0.149. The first-order valence-corrected chi connectivity index (χ1v) is 11.7. The van der Waals surface area contributed by atoms with Gasteiger partial charge in [-0.1, -0.05) is 48.5 Å². The van der Waals surface area contributed by atoms with E-state index in [0.717, 1.165) is 33.6 Å². The number of hydrogen-bond donors (Lipinski definition) is 2.